The van der Waals surface area contributed by atoms with Crippen LogP contribution in [0.3, 0.4) is 0 Å². The van der Waals surface area contributed by atoms with Gasteiger partial charge in [0, 0.05) is 24.0 Å². The maximum Gasteiger partial charge on any atom is 0.229 e. The van der Waals surface area contributed by atoms with E-state index in [-0.39, 0.29) is 0 Å². The minimum Gasteiger partial charge on any atom is -0.495 e. The largest absolute Gasteiger partial charge is 0.495 e. The van der Waals surface area contributed by atoms with Crippen molar-refractivity contribution in [3.05, 3.63) is 84.6 Å². The first-order valence-corrected chi connectivity index (χ1v) is 13.7. The molecule has 0 amide bonds. The Bertz CT molecular complexity index is 1310. The van der Waals surface area contributed by atoms with E-state index in [4.69, 9.17) is 14.5 Å². The summed E-state index contributed by atoms with van der Waals surface area (Å²) < 4.78 is 11.5. The Labute approximate surface area is 232 Å². The van der Waals surface area contributed by atoms with Crippen LogP contribution in [0.1, 0.15) is 32.8 Å². The predicted octanol–water partition coefficient (Wildman–Crippen LogP) is 7.31. The molecule has 0 aliphatic rings. The van der Waals surface area contributed by atoms with Gasteiger partial charge in [0.15, 0.2) is 0 Å². The van der Waals surface area contributed by atoms with E-state index in [0.29, 0.717) is 18.4 Å². The number of hydrogen-bond acceptors (Lipinski definition) is 7. The molecular formula is C32H39N5O2. The van der Waals surface area contributed by atoms with E-state index in [2.05, 4.69) is 65.6 Å². The number of methoxy groups -OCH3 is 1. The molecule has 4 rings (SSSR count). The molecule has 0 fully saturated rings. The Balaban J connectivity index is 1.54. The highest BCUT2D eigenvalue weighted by Gasteiger charge is 2.13. The zero-order chi connectivity index (χ0) is 27.5. The van der Waals surface area contributed by atoms with Gasteiger partial charge in [-0.2, -0.15) is 4.98 Å². The van der Waals surface area contributed by atoms with Crippen LogP contribution < -0.4 is 20.1 Å². The van der Waals surface area contributed by atoms with Gasteiger partial charge < -0.3 is 25.0 Å². The van der Waals surface area contributed by atoms with Crippen LogP contribution >= 0.6 is 0 Å². The second-order valence-electron chi connectivity index (χ2n) is 9.25. The molecule has 2 N–H and O–H groups in total. The molecule has 7 heteroatoms. The predicted molar refractivity (Wildman–Crippen MR) is 161 cm³/mol. The Kier molecular flexibility index (Phi) is 10.1. The maximum atomic E-state index is 5.92. The van der Waals surface area contributed by atoms with E-state index < -0.39 is 0 Å². The third-order valence-corrected chi connectivity index (χ3v) is 6.63. The molecular weight excluding hydrogens is 486 g/mol. The molecule has 0 saturated heterocycles. The lowest BCUT2D eigenvalue weighted by Gasteiger charge is -2.18. The number of anilines is 4. The summed E-state index contributed by atoms with van der Waals surface area (Å²) in [5, 5.41) is 6.79. The van der Waals surface area contributed by atoms with Crippen LogP contribution in [0.15, 0.2) is 79.0 Å². The van der Waals surface area contributed by atoms with E-state index in [0.717, 1.165) is 66.5 Å². The molecule has 4 aromatic rings. The number of hydrogen-bond donors (Lipinski definition) is 2. The first kappa shape index (κ1) is 27.9. The number of likely N-dealkylation sites (N-methyl/N-ethyl adjacent to an activating group) is 1. The molecule has 39 heavy (non-hydrogen) atoms. The lowest BCUT2D eigenvalue weighted by Crippen LogP contribution is -2.27. The van der Waals surface area contributed by atoms with Gasteiger partial charge in [0.1, 0.15) is 23.9 Å². The van der Waals surface area contributed by atoms with Gasteiger partial charge in [-0.05, 0) is 67.0 Å². The minimum atomic E-state index is 0.494. The van der Waals surface area contributed by atoms with Crippen molar-refractivity contribution in [2.24, 2.45) is 0 Å². The Morgan fingerprint density at radius 3 is 2.28 bits per heavy atom. The normalized spacial score (nSPS) is 10.9. The third kappa shape index (κ3) is 7.71. The number of benzene rings is 3. The summed E-state index contributed by atoms with van der Waals surface area (Å²) in [6.07, 6.45) is 4.03. The van der Waals surface area contributed by atoms with Gasteiger partial charge in [-0.25, -0.2) is 4.98 Å². The smallest absolute Gasteiger partial charge is 0.229 e. The Hall–Kier alpha value is -4.10. The fourth-order valence-corrected chi connectivity index (χ4v) is 4.36. The molecule has 1 heterocycles. The fraction of sp³-hybridized carbons (Fsp3) is 0.312. The summed E-state index contributed by atoms with van der Waals surface area (Å²) in [5.41, 5.74) is 4.99. The molecule has 0 saturated carbocycles. The molecule has 3 aromatic carbocycles. The van der Waals surface area contributed by atoms with Crippen molar-refractivity contribution in [3.8, 4) is 22.6 Å². The van der Waals surface area contributed by atoms with Crippen LogP contribution in [-0.2, 0) is 6.42 Å². The maximum absolute atomic E-state index is 5.92. The molecule has 204 valence electrons. The van der Waals surface area contributed by atoms with Crippen molar-refractivity contribution in [1.29, 1.82) is 0 Å². The fourth-order valence-electron chi connectivity index (χ4n) is 4.36. The van der Waals surface area contributed by atoms with Crippen LogP contribution in [0.25, 0.3) is 11.1 Å². The number of aryl methyl sites for hydroxylation is 1. The average molecular weight is 526 g/mol. The summed E-state index contributed by atoms with van der Waals surface area (Å²) in [7, 11) is 1.66. The van der Waals surface area contributed by atoms with Crippen LogP contribution in [0, 0.1) is 0 Å². The van der Waals surface area contributed by atoms with Crippen molar-refractivity contribution >= 4 is 23.1 Å². The summed E-state index contributed by atoms with van der Waals surface area (Å²) in [5.74, 6) is 2.77. The third-order valence-electron chi connectivity index (χ3n) is 6.63. The zero-order valence-electron chi connectivity index (χ0n) is 23.4. The summed E-state index contributed by atoms with van der Waals surface area (Å²) >= 11 is 0. The standard InChI is InChI=1S/C32H39N5O2/c1-5-10-24-13-15-25(16-14-24)28-23-33-32(36-31(28)35-29-11-8-9-12-30(29)38-4)34-26-17-19-27(20-18-26)39-22-21-37(6-2)7-3/h8-9,11-20,23H,5-7,10,21-22H2,1-4H3,(H2,33,34,35,36). The van der Waals surface area contributed by atoms with Crippen molar-refractivity contribution in [2.75, 3.05) is 44.0 Å². The second-order valence-corrected chi connectivity index (χ2v) is 9.25. The van der Waals surface area contributed by atoms with E-state index in [1.165, 1.54) is 5.56 Å². The SMILES string of the molecule is CCCc1ccc(-c2cnc(Nc3ccc(OCCN(CC)CC)cc3)nc2Nc2ccccc2OC)cc1. The summed E-state index contributed by atoms with van der Waals surface area (Å²) in [6, 6.07) is 24.3. The monoisotopic (exact) mass is 525 g/mol. The molecule has 1 aromatic heterocycles. The van der Waals surface area contributed by atoms with Gasteiger partial charge >= 0.3 is 0 Å². The number of rotatable bonds is 14. The van der Waals surface area contributed by atoms with Crippen LogP contribution in [0.5, 0.6) is 11.5 Å². The van der Waals surface area contributed by atoms with Crippen molar-refractivity contribution in [2.45, 2.75) is 33.6 Å². The molecule has 0 spiro atoms. The Morgan fingerprint density at radius 2 is 1.59 bits per heavy atom. The number of para-hydroxylation sites is 2. The van der Waals surface area contributed by atoms with Gasteiger partial charge in [-0.1, -0.05) is 63.6 Å². The highest BCUT2D eigenvalue weighted by Crippen LogP contribution is 2.33. The number of aromatic nitrogens is 2. The van der Waals surface area contributed by atoms with Crippen LogP contribution in [0.2, 0.25) is 0 Å². The molecule has 0 atom stereocenters. The van der Waals surface area contributed by atoms with E-state index in [1.807, 2.05) is 54.7 Å². The summed E-state index contributed by atoms with van der Waals surface area (Å²) in [6.45, 7) is 10.2. The number of nitrogens with one attached hydrogen (secondary N) is 2. The molecule has 0 unspecified atom stereocenters. The van der Waals surface area contributed by atoms with Crippen LogP contribution in [-0.4, -0.2) is 48.2 Å². The lowest BCUT2D eigenvalue weighted by atomic mass is 10.0. The topological polar surface area (TPSA) is 71.5 Å². The molecule has 0 aliphatic carbocycles. The number of ether oxygens (including phenoxy) is 2. The molecule has 0 aliphatic heterocycles. The van der Waals surface area contributed by atoms with Crippen molar-refractivity contribution < 1.29 is 9.47 Å². The van der Waals surface area contributed by atoms with Crippen molar-refractivity contribution in [3.63, 3.8) is 0 Å². The first-order valence-electron chi connectivity index (χ1n) is 13.7. The Morgan fingerprint density at radius 1 is 0.846 bits per heavy atom. The highest BCUT2D eigenvalue weighted by atomic mass is 16.5. The quantitative estimate of drug-likeness (QED) is 0.179. The lowest BCUT2D eigenvalue weighted by molar-refractivity contribution is 0.223. The van der Waals surface area contributed by atoms with E-state index >= 15 is 0 Å². The van der Waals surface area contributed by atoms with Gasteiger partial charge in [0.25, 0.3) is 0 Å². The highest BCUT2D eigenvalue weighted by molar-refractivity contribution is 5.80. The average Bonchev–Trinajstić information content (AvgIpc) is 2.97. The zero-order valence-corrected chi connectivity index (χ0v) is 23.4. The van der Waals surface area contributed by atoms with Gasteiger partial charge in [0.2, 0.25) is 5.95 Å². The minimum absolute atomic E-state index is 0.494. The molecule has 0 radical (unpaired) electrons. The van der Waals surface area contributed by atoms with E-state index in [1.54, 1.807) is 7.11 Å². The van der Waals surface area contributed by atoms with Gasteiger partial charge in [0.05, 0.1) is 12.8 Å². The number of nitrogens with zero attached hydrogens (tertiary/aromatic N) is 3. The van der Waals surface area contributed by atoms with Gasteiger partial charge in [-0.3, -0.25) is 0 Å². The van der Waals surface area contributed by atoms with E-state index in [9.17, 15) is 0 Å². The second kappa shape index (κ2) is 14.2. The molecule has 7 nitrogen and oxygen atoms in total. The van der Waals surface area contributed by atoms with Gasteiger partial charge in [-0.15, -0.1) is 0 Å². The molecule has 0 bridgehead atoms. The van der Waals surface area contributed by atoms with Crippen molar-refractivity contribution in [1.82, 2.24) is 14.9 Å². The van der Waals surface area contributed by atoms with Crippen LogP contribution in [0.4, 0.5) is 23.1 Å². The summed E-state index contributed by atoms with van der Waals surface area (Å²) in [4.78, 5) is 11.8. The first-order chi connectivity index (χ1) is 19.1.